The van der Waals surface area contributed by atoms with Gasteiger partial charge in [-0.3, -0.25) is 9.78 Å². The van der Waals surface area contributed by atoms with Crippen LogP contribution in [0.4, 0.5) is 0 Å². The molecule has 1 fully saturated rings. The van der Waals surface area contributed by atoms with E-state index in [0.29, 0.717) is 23.7 Å². The van der Waals surface area contributed by atoms with Gasteiger partial charge in [0.15, 0.2) is 0 Å². The second kappa shape index (κ2) is 6.48. The molecule has 1 spiro atoms. The lowest BCUT2D eigenvalue weighted by molar-refractivity contribution is -0.0568. The van der Waals surface area contributed by atoms with Crippen molar-refractivity contribution in [3.8, 4) is 0 Å². The van der Waals surface area contributed by atoms with Gasteiger partial charge in [0.1, 0.15) is 5.60 Å². The first kappa shape index (κ1) is 16.1. The Kier molecular flexibility index (Phi) is 4.17. The summed E-state index contributed by atoms with van der Waals surface area (Å²) < 4.78 is 0. The van der Waals surface area contributed by atoms with Gasteiger partial charge in [0.2, 0.25) is 0 Å². The lowest BCUT2D eigenvalue weighted by Gasteiger charge is -2.37. The maximum Gasteiger partial charge on any atom is 0.253 e. The van der Waals surface area contributed by atoms with Crippen LogP contribution in [0.25, 0.3) is 0 Å². The van der Waals surface area contributed by atoms with Crippen LogP contribution < -0.4 is 0 Å². The van der Waals surface area contributed by atoms with Crippen LogP contribution in [0.5, 0.6) is 0 Å². The largest absolute Gasteiger partial charge is 0.388 e. The van der Waals surface area contributed by atoms with Crippen molar-refractivity contribution in [2.24, 2.45) is 5.16 Å². The minimum Gasteiger partial charge on any atom is -0.388 e. The normalized spacial score (nSPS) is 18.8. The minimum atomic E-state index is -0.290. The van der Waals surface area contributed by atoms with Gasteiger partial charge in [0.25, 0.3) is 5.91 Å². The van der Waals surface area contributed by atoms with E-state index in [1.165, 1.54) is 0 Å². The highest BCUT2D eigenvalue weighted by Crippen LogP contribution is 2.36. The van der Waals surface area contributed by atoms with Crippen LogP contribution in [0.3, 0.4) is 0 Å². The molecule has 1 aromatic heterocycles. The van der Waals surface area contributed by atoms with Crippen molar-refractivity contribution in [3.63, 3.8) is 0 Å². The summed E-state index contributed by atoms with van der Waals surface area (Å²) in [7, 11) is 0. The van der Waals surface area contributed by atoms with Crippen molar-refractivity contribution in [1.29, 1.82) is 0 Å². The predicted octanol–water partition coefficient (Wildman–Crippen LogP) is 3.53. The number of hydrogen-bond acceptors (Lipinski definition) is 4. The van der Waals surface area contributed by atoms with Crippen LogP contribution in [0.15, 0.2) is 53.9 Å². The third-order valence-corrected chi connectivity index (χ3v) is 5.14. The number of pyridine rings is 1. The number of hydrogen-bond donors (Lipinski definition) is 0. The van der Waals surface area contributed by atoms with Crippen LogP contribution in [0.2, 0.25) is 5.02 Å². The van der Waals surface area contributed by atoms with Crippen LogP contribution in [0, 0.1) is 0 Å². The van der Waals surface area contributed by atoms with E-state index in [9.17, 15) is 4.79 Å². The number of likely N-dealkylation sites (tertiary alicyclic amines) is 1. The summed E-state index contributed by atoms with van der Waals surface area (Å²) in [6, 6.07) is 10.9. The molecule has 1 aromatic carbocycles. The molecule has 3 heterocycles. The molecule has 1 saturated heterocycles. The zero-order chi connectivity index (χ0) is 17.3. The number of carbonyl (C=O) groups excluding carboxylic acids is 1. The van der Waals surface area contributed by atoms with E-state index in [4.69, 9.17) is 16.4 Å². The molecule has 4 rings (SSSR count). The molecule has 25 heavy (non-hydrogen) atoms. The number of benzene rings is 1. The average Bonchev–Trinajstić information content (AvgIpc) is 3.07. The van der Waals surface area contributed by atoms with E-state index in [1.54, 1.807) is 36.7 Å². The van der Waals surface area contributed by atoms with E-state index in [-0.39, 0.29) is 11.5 Å². The molecule has 5 nitrogen and oxygen atoms in total. The van der Waals surface area contributed by atoms with Crippen molar-refractivity contribution in [2.75, 3.05) is 13.1 Å². The Bertz CT molecular complexity index is 797. The third-order valence-electron chi connectivity index (χ3n) is 4.89. The lowest BCUT2D eigenvalue weighted by Crippen LogP contribution is -2.46. The summed E-state index contributed by atoms with van der Waals surface area (Å²) in [5.74, 6) is 0.0397. The molecule has 0 unspecified atom stereocenters. The zero-order valence-corrected chi connectivity index (χ0v) is 14.4. The van der Waals surface area contributed by atoms with Crippen LogP contribution >= 0.6 is 11.6 Å². The highest BCUT2D eigenvalue weighted by molar-refractivity contribution is 6.30. The Labute approximate surface area is 151 Å². The molecule has 0 bridgehead atoms. The molecular weight excluding hydrogens is 338 g/mol. The molecule has 128 valence electrons. The summed E-state index contributed by atoms with van der Waals surface area (Å²) in [4.78, 5) is 24.4. The van der Waals surface area contributed by atoms with E-state index >= 15 is 0 Å². The number of carbonyl (C=O) groups is 1. The quantitative estimate of drug-likeness (QED) is 0.828. The number of rotatable bonds is 2. The standard InChI is InChI=1S/C19H18ClN3O2/c20-16-5-3-14(4-6-16)18(24)23-10-7-19(8-11-23)12-17(22-25-19)15-2-1-9-21-13-15/h1-6,9,13H,7-8,10-12H2. The summed E-state index contributed by atoms with van der Waals surface area (Å²) in [5.41, 5.74) is 2.31. The second-order valence-corrected chi connectivity index (χ2v) is 6.97. The number of halogens is 1. The van der Waals surface area contributed by atoms with Crippen LogP contribution in [-0.2, 0) is 4.84 Å². The Balaban J connectivity index is 1.39. The van der Waals surface area contributed by atoms with E-state index in [0.717, 1.165) is 30.5 Å². The molecule has 1 amide bonds. The maximum atomic E-state index is 12.6. The fourth-order valence-corrected chi connectivity index (χ4v) is 3.50. The summed E-state index contributed by atoms with van der Waals surface area (Å²) in [6.45, 7) is 1.33. The van der Waals surface area contributed by atoms with Gasteiger partial charge in [0.05, 0.1) is 5.71 Å². The van der Waals surface area contributed by atoms with Crippen LogP contribution in [-0.4, -0.2) is 40.2 Å². The van der Waals surface area contributed by atoms with Crippen molar-refractivity contribution in [1.82, 2.24) is 9.88 Å². The van der Waals surface area contributed by atoms with Crippen molar-refractivity contribution in [2.45, 2.75) is 24.9 Å². The monoisotopic (exact) mass is 355 g/mol. The van der Waals surface area contributed by atoms with E-state index in [2.05, 4.69) is 10.1 Å². The van der Waals surface area contributed by atoms with E-state index in [1.807, 2.05) is 17.0 Å². The lowest BCUT2D eigenvalue weighted by atomic mass is 9.85. The molecule has 0 saturated carbocycles. The van der Waals surface area contributed by atoms with Gasteiger partial charge < -0.3 is 9.74 Å². The van der Waals surface area contributed by atoms with Gasteiger partial charge in [0, 0.05) is 60.9 Å². The van der Waals surface area contributed by atoms with Crippen molar-refractivity contribution >= 4 is 23.2 Å². The Morgan fingerprint density at radius 1 is 1.16 bits per heavy atom. The smallest absolute Gasteiger partial charge is 0.253 e. The van der Waals surface area contributed by atoms with Crippen LogP contribution in [0.1, 0.15) is 35.2 Å². The van der Waals surface area contributed by atoms with Gasteiger partial charge in [-0.25, -0.2) is 0 Å². The second-order valence-electron chi connectivity index (χ2n) is 6.53. The van der Waals surface area contributed by atoms with Gasteiger partial charge >= 0.3 is 0 Å². The zero-order valence-electron chi connectivity index (χ0n) is 13.7. The van der Waals surface area contributed by atoms with Crippen molar-refractivity contribution in [3.05, 3.63) is 64.9 Å². The van der Waals surface area contributed by atoms with E-state index < -0.39 is 0 Å². The molecule has 2 aromatic rings. The maximum absolute atomic E-state index is 12.6. The molecule has 2 aliphatic heterocycles. The number of aromatic nitrogens is 1. The Morgan fingerprint density at radius 3 is 2.60 bits per heavy atom. The Hall–Kier alpha value is -2.40. The highest BCUT2D eigenvalue weighted by atomic mass is 35.5. The van der Waals surface area contributed by atoms with Gasteiger partial charge in [-0.1, -0.05) is 16.8 Å². The summed E-state index contributed by atoms with van der Waals surface area (Å²) >= 11 is 5.89. The fraction of sp³-hybridized carbons (Fsp3) is 0.316. The van der Waals surface area contributed by atoms with Gasteiger partial charge in [-0.15, -0.1) is 0 Å². The third kappa shape index (κ3) is 3.24. The van der Waals surface area contributed by atoms with Crippen molar-refractivity contribution < 1.29 is 9.63 Å². The fourth-order valence-electron chi connectivity index (χ4n) is 3.37. The summed E-state index contributed by atoms with van der Waals surface area (Å²) in [6.07, 6.45) is 5.87. The average molecular weight is 356 g/mol. The molecule has 0 N–H and O–H groups in total. The first-order valence-electron chi connectivity index (χ1n) is 8.36. The molecule has 0 radical (unpaired) electrons. The number of piperidine rings is 1. The molecule has 6 heteroatoms. The minimum absolute atomic E-state index is 0.0397. The summed E-state index contributed by atoms with van der Waals surface area (Å²) in [5, 5.41) is 4.91. The first-order chi connectivity index (χ1) is 12.2. The number of oxime groups is 1. The number of nitrogens with zero attached hydrogens (tertiary/aromatic N) is 3. The topological polar surface area (TPSA) is 54.8 Å². The van der Waals surface area contributed by atoms with Gasteiger partial charge in [-0.05, 0) is 36.4 Å². The Morgan fingerprint density at radius 2 is 1.92 bits per heavy atom. The predicted molar refractivity (Wildman–Crippen MR) is 95.8 cm³/mol. The molecule has 2 aliphatic rings. The SMILES string of the molecule is O=C(c1ccc(Cl)cc1)N1CCC2(CC1)CC(c1cccnc1)=NO2. The molecule has 0 atom stereocenters. The molecular formula is C19H18ClN3O2. The van der Waals surface area contributed by atoms with Gasteiger partial charge in [-0.2, -0.15) is 0 Å². The number of amides is 1. The first-order valence-corrected chi connectivity index (χ1v) is 8.73. The highest BCUT2D eigenvalue weighted by Gasteiger charge is 2.43. The molecule has 0 aliphatic carbocycles.